The standard InChI is InChI=1S/C22H21N3O2S/c1-15-20(16(2)26)22(25-21(24-15)18-11-7-4-8-12-18)28-14-19(27)23-13-17-9-5-3-6-10-17/h3-12H,13-14H2,1-2H3,(H,23,27). The molecule has 0 atom stereocenters. The molecule has 0 bridgehead atoms. The number of carbonyl (C=O) groups is 2. The normalized spacial score (nSPS) is 10.5. The van der Waals surface area contributed by atoms with Gasteiger partial charge in [0, 0.05) is 12.1 Å². The topological polar surface area (TPSA) is 72.0 Å². The minimum atomic E-state index is -0.110. The van der Waals surface area contributed by atoms with Gasteiger partial charge in [-0.1, -0.05) is 72.4 Å². The van der Waals surface area contributed by atoms with Crippen molar-refractivity contribution in [1.29, 1.82) is 0 Å². The summed E-state index contributed by atoms with van der Waals surface area (Å²) in [7, 11) is 0. The number of hydrogen-bond acceptors (Lipinski definition) is 5. The number of thioether (sulfide) groups is 1. The summed E-state index contributed by atoms with van der Waals surface area (Å²) in [6.07, 6.45) is 0. The average Bonchev–Trinajstić information content (AvgIpc) is 2.71. The molecule has 6 heteroatoms. The maximum Gasteiger partial charge on any atom is 0.230 e. The lowest BCUT2D eigenvalue weighted by atomic mass is 10.1. The summed E-state index contributed by atoms with van der Waals surface area (Å²) in [5.41, 5.74) is 3.00. The van der Waals surface area contributed by atoms with Crippen molar-refractivity contribution < 1.29 is 9.59 Å². The SMILES string of the molecule is CC(=O)c1c(C)nc(-c2ccccc2)nc1SCC(=O)NCc1ccccc1. The summed E-state index contributed by atoms with van der Waals surface area (Å²) in [5.74, 6) is 0.512. The lowest BCUT2D eigenvalue weighted by molar-refractivity contribution is -0.118. The molecule has 3 rings (SSSR count). The Balaban J connectivity index is 1.75. The number of carbonyl (C=O) groups excluding carboxylic acids is 2. The van der Waals surface area contributed by atoms with Crippen LogP contribution >= 0.6 is 11.8 Å². The number of benzene rings is 2. The first kappa shape index (κ1) is 19.8. The zero-order chi connectivity index (χ0) is 19.9. The molecule has 28 heavy (non-hydrogen) atoms. The van der Waals surface area contributed by atoms with Gasteiger partial charge in [0.25, 0.3) is 0 Å². The maximum atomic E-state index is 12.3. The largest absolute Gasteiger partial charge is 0.351 e. The predicted molar refractivity (Wildman–Crippen MR) is 111 cm³/mol. The van der Waals surface area contributed by atoms with Crippen LogP contribution in [0.5, 0.6) is 0 Å². The minimum Gasteiger partial charge on any atom is -0.351 e. The fraction of sp³-hybridized carbons (Fsp3) is 0.182. The van der Waals surface area contributed by atoms with E-state index in [0.29, 0.717) is 28.7 Å². The van der Waals surface area contributed by atoms with Crippen molar-refractivity contribution >= 4 is 23.5 Å². The van der Waals surface area contributed by atoms with Crippen molar-refractivity contribution in [3.8, 4) is 11.4 Å². The molecule has 5 nitrogen and oxygen atoms in total. The van der Waals surface area contributed by atoms with Gasteiger partial charge in [-0.25, -0.2) is 9.97 Å². The van der Waals surface area contributed by atoms with Crippen LogP contribution < -0.4 is 5.32 Å². The lowest BCUT2D eigenvalue weighted by Crippen LogP contribution is -2.24. The molecule has 0 fully saturated rings. The number of rotatable bonds is 7. The van der Waals surface area contributed by atoms with Crippen molar-refractivity contribution in [2.75, 3.05) is 5.75 Å². The molecule has 0 aliphatic heterocycles. The van der Waals surface area contributed by atoms with Gasteiger partial charge in [0.05, 0.1) is 17.0 Å². The van der Waals surface area contributed by atoms with Crippen molar-refractivity contribution in [2.45, 2.75) is 25.4 Å². The molecule has 2 aromatic carbocycles. The van der Waals surface area contributed by atoms with Crippen LogP contribution in [0.25, 0.3) is 11.4 Å². The Morgan fingerprint density at radius 1 is 0.964 bits per heavy atom. The Kier molecular flexibility index (Phi) is 6.55. The molecular weight excluding hydrogens is 370 g/mol. The fourth-order valence-electron chi connectivity index (χ4n) is 2.75. The quantitative estimate of drug-likeness (QED) is 0.373. The molecule has 0 aliphatic carbocycles. The van der Waals surface area contributed by atoms with Gasteiger partial charge in [-0.3, -0.25) is 9.59 Å². The highest BCUT2D eigenvalue weighted by Gasteiger charge is 2.18. The number of amides is 1. The average molecular weight is 391 g/mol. The maximum absolute atomic E-state index is 12.3. The number of nitrogens with one attached hydrogen (secondary N) is 1. The molecule has 1 N–H and O–H groups in total. The number of aryl methyl sites for hydroxylation is 1. The summed E-state index contributed by atoms with van der Waals surface area (Å²) < 4.78 is 0. The third kappa shape index (κ3) is 5.04. The predicted octanol–water partition coefficient (Wildman–Crippen LogP) is 4.06. The van der Waals surface area contributed by atoms with Crippen LogP contribution in [0.3, 0.4) is 0 Å². The zero-order valence-corrected chi connectivity index (χ0v) is 16.6. The first-order valence-corrected chi connectivity index (χ1v) is 9.91. The zero-order valence-electron chi connectivity index (χ0n) is 15.8. The van der Waals surface area contributed by atoms with E-state index in [0.717, 1.165) is 11.1 Å². The van der Waals surface area contributed by atoms with Crippen LogP contribution in [0.1, 0.15) is 28.5 Å². The number of aromatic nitrogens is 2. The second-order valence-corrected chi connectivity index (χ2v) is 7.25. The van der Waals surface area contributed by atoms with Gasteiger partial charge in [0.15, 0.2) is 11.6 Å². The van der Waals surface area contributed by atoms with Gasteiger partial charge in [0.1, 0.15) is 5.03 Å². The van der Waals surface area contributed by atoms with E-state index in [4.69, 9.17) is 0 Å². The van der Waals surface area contributed by atoms with Crippen molar-refractivity contribution in [2.24, 2.45) is 0 Å². The van der Waals surface area contributed by atoms with Crippen LogP contribution in [-0.4, -0.2) is 27.4 Å². The molecule has 0 radical (unpaired) electrons. The molecule has 1 heterocycles. The summed E-state index contributed by atoms with van der Waals surface area (Å²) in [6.45, 7) is 3.76. The molecular formula is C22H21N3O2S. The molecule has 0 unspecified atom stereocenters. The van der Waals surface area contributed by atoms with Crippen LogP contribution in [0.2, 0.25) is 0 Å². The van der Waals surface area contributed by atoms with E-state index in [-0.39, 0.29) is 17.4 Å². The second-order valence-electron chi connectivity index (χ2n) is 6.29. The monoisotopic (exact) mass is 391 g/mol. The van der Waals surface area contributed by atoms with Crippen LogP contribution in [-0.2, 0) is 11.3 Å². The number of nitrogens with zero attached hydrogens (tertiary/aromatic N) is 2. The highest BCUT2D eigenvalue weighted by Crippen LogP contribution is 2.26. The molecule has 0 spiro atoms. The summed E-state index contributed by atoms with van der Waals surface area (Å²) in [4.78, 5) is 33.4. The van der Waals surface area contributed by atoms with E-state index in [9.17, 15) is 9.59 Å². The van der Waals surface area contributed by atoms with Crippen LogP contribution in [0.4, 0.5) is 0 Å². The van der Waals surface area contributed by atoms with E-state index < -0.39 is 0 Å². The van der Waals surface area contributed by atoms with E-state index >= 15 is 0 Å². The smallest absolute Gasteiger partial charge is 0.230 e. The summed E-state index contributed by atoms with van der Waals surface area (Å²) in [5, 5.41) is 3.43. The van der Waals surface area contributed by atoms with Gasteiger partial charge in [-0.2, -0.15) is 0 Å². The van der Waals surface area contributed by atoms with Crippen molar-refractivity contribution in [1.82, 2.24) is 15.3 Å². The molecule has 0 saturated carbocycles. The van der Waals surface area contributed by atoms with E-state index in [1.165, 1.54) is 18.7 Å². The molecule has 0 aliphatic rings. The Bertz CT molecular complexity index is 976. The van der Waals surface area contributed by atoms with Crippen LogP contribution in [0.15, 0.2) is 65.7 Å². The van der Waals surface area contributed by atoms with Crippen LogP contribution in [0, 0.1) is 6.92 Å². The van der Waals surface area contributed by atoms with Gasteiger partial charge >= 0.3 is 0 Å². The highest BCUT2D eigenvalue weighted by atomic mass is 32.2. The molecule has 0 saturated heterocycles. The first-order chi connectivity index (χ1) is 13.5. The number of ketones is 1. The van der Waals surface area contributed by atoms with E-state index in [1.807, 2.05) is 60.7 Å². The highest BCUT2D eigenvalue weighted by molar-refractivity contribution is 8.00. The Labute approximate surface area is 168 Å². The van der Waals surface area contributed by atoms with Crippen molar-refractivity contribution in [3.05, 3.63) is 77.5 Å². The van der Waals surface area contributed by atoms with Gasteiger partial charge in [-0.15, -0.1) is 0 Å². The molecule has 1 amide bonds. The third-order valence-corrected chi connectivity index (χ3v) is 5.09. The van der Waals surface area contributed by atoms with Gasteiger partial charge < -0.3 is 5.32 Å². The fourth-order valence-corrected chi connectivity index (χ4v) is 3.71. The first-order valence-electron chi connectivity index (χ1n) is 8.93. The van der Waals surface area contributed by atoms with Gasteiger partial charge in [0.2, 0.25) is 5.91 Å². The van der Waals surface area contributed by atoms with Crippen molar-refractivity contribution in [3.63, 3.8) is 0 Å². The number of hydrogen-bond donors (Lipinski definition) is 1. The lowest BCUT2D eigenvalue weighted by Gasteiger charge is -2.11. The number of Topliss-reactive ketones (excluding diaryl/α,β-unsaturated/α-hetero) is 1. The second kappa shape index (κ2) is 9.28. The third-order valence-electron chi connectivity index (χ3n) is 4.11. The summed E-state index contributed by atoms with van der Waals surface area (Å²) in [6, 6.07) is 19.3. The molecule has 3 aromatic rings. The Morgan fingerprint density at radius 3 is 2.25 bits per heavy atom. The molecule has 1 aromatic heterocycles. The Morgan fingerprint density at radius 2 is 1.61 bits per heavy atom. The molecule has 142 valence electrons. The Hall–Kier alpha value is -2.99. The van der Waals surface area contributed by atoms with Gasteiger partial charge in [-0.05, 0) is 19.4 Å². The van der Waals surface area contributed by atoms with E-state index in [2.05, 4.69) is 15.3 Å². The van der Waals surface area contributed by atoms with E-state index in [1.54, 1.807) is 6.92 Å². The minimum absolute atomic E-state index is 0.107. The summed E-state index contributed by atoms with van der Waals surface area (Å²) >= 11 is 1.26.